The molecule has 4 heteroatoms. The Bertz CT molecular complexity index is 599. The highest BCUT2D eigenvalue weighted by Crippen LogP contribution is 2.32. The van der Waals surface area contributed by atoms with Crippen molar-refractivity contribution in [1.29, 1.82) is 0 Å². The highest BCUT2D eigenvalue weighted by Gasteiger charge is 2.20. The lowest BCUT2D eigenvalue weighted by Crippen LogP contribution is -2.31. The fourth-order valence-electron chi connectivity index (χ4n) is 2.39. The van der Waals surface area contributed by atoms with E-state index >= 15 is 0 Å². The summed E-state index contributed by atoms with van der Waals surface area (Å²) in [5.74, 6) is 0. The summed E-state index contributed by atoms with van der Waals surface area (Å²) in [6, 6.07) is 13.7. The smallest absolute Gasteiger partial charge is 0.0676 e. The third-order valence-electron chi connectivity index (χ3n) is 3.50. The van der Waals surface area contributed by atoms with Gasteiger partial charge in [0, 0.05) is 29.3 Å². The van der Waals surface area contributed by atoms with Crippen LogP contribution in [-0.2, 0) is 0 Å². The van der Waals surface area contributed by atoms with Gasteiger partial charge in [0.05, 0.1) is 6.04 Å². The fraction of sp³-hybridized carbons (Fsp3) is 0.250. The maximum atomic E-state index is 6.30. The van der Waals surface area contributed by atoms with Crippen LogP contribution in [0.1, 0.15) is 17.2 Å². The number of anilines is 1. The second-order valence-corrected chi connectivity index (χ2v) is 5.66. The topological polar surface area (TPSA) is 29.3 Å². The lowest BCUT2D eigenvalue weighted by atomic mass is 10.0. The van der Waals surface area contributed by atoms with Crippen LogP contribution in [0, 0.1) is 6.92 Å². The monoisotopic (exact) mass is 308 g/mol. The van der Waals surface area contributed by atoms with Gasteiger partial charge >= 0.3 is 0 Å². The van der Waals surface area contributed by atoms with Crippen LogP contribution in [-0.4, -0.2) is 13.6 Å². The van der Waals surface area contributed by atoms with Crippen molar-refractivity contribution >= 4 is 28.9 Å². The van der Waals surface area contributed by atoms with Gasteiger partial charge in [-0.05, 0) is 42.3 Å². The zero-order valence-electron chi connectivity index (χ0n) is 11.6. The van der Waals surface area contributed by atoms with Gasteiger partial charge in [-0.25, -0.2) is 0 Å². The van der Waals surface area contributed by atoms with Crippen LogP contribution in [0.5, 0.6) is 0 Å². The van der Waals surface area contributed by atoms with Gasteiger partial charge in [0.15, 0.2) is 0 Å². The first kappa shape index (κ1) is 15.2. The average molecular weight is 309 g/mol. The molecule has 0 aliphatic rings. The molecular formula is C16H18Cl2N2. The summed E-state index contributed by atoms with van der Waals surface area (Å²) in [4.78, 5) is 2.15. The first-order chi connectivity index (χ1) is 9.54. The molecule has 0 aliphatic carbocycles. The van der Waals surface area contributed by atoms with E-state index in [2.05, 4.69) is 24.0 Å². The molecule has 0 radical (unpaired) electrons. The Morgan fingerprint density at radius 1 is 1.15 bits per heavy atom. The Kier molecular flexibility index (Phi) is 4.92. The normalized spacial score (nSPS) is 12.2. The maximum absolute atomic E-state index is 6.30. The zero-order chi connectivity index (χ0) is 14.7. The number of hydrogen-bond donors (Lipinski definition) is 1. The van der Waals surface area contributed by atoms with Crippen LogP contribution in [0.25, 0.3) is 0 Å². The van der Waals surface area contributed by atoms with E-state index in [0.29, 0.717) is 16.6 Å². The van der Waals surface area contributed by atoms with Gasteiger partial charge in [0.2, 0.25) is 0 Å². The van der Waals surface area contributed by atoms with Crippen molar-refractivity contribution in [3.63, 3.8) is 0 Å². The lowest BCUT2D eigenvalue weighted by Gasteiger charge is -2.31. The second kappa shape index (κ2) is 6.49. The number of aryl methyl sites for hydroxylation is 1. The summed E-state index contributed by atoms with van der Waals surface area (Å²) in [6.45, 7) is 2.55. The number of nitrogens with two attached hydrogens (primary N) is 1. The van der Waals surface area contributed by atoms with Gasteiger partial charge in [0.1, 0.15) is 0 Å². The average Bonchev–Trinajstić information content (AvgIpc) is 2.44. The number of likely N-dealkylation sites (N-methyl/N-ethyl adjacent to an activating group) is 1. The largest absolute Gasteiger partial charge is 0.366 e. The molecule has 0 aromatic heterocycles. The predicted octanol–water partition coefficient (Wildman–Crippen LogP) is 4.44. The molecule has 0 spiro atoms. The molecule has 0 heterocycles. The van der Waals surface area contributed by atoms with Crippen LogP contribution in [0.3, 0.4) is 0 Å². The molecule has 20 heavy (non-hydrogen) atoms. The van der Waals surface area contributed by atoms with Gasteiger partial charge in [0.25, 0.3) is 0 Å². The molecule has 2 aromatic carbocycles. The Morgan fingerprint density at radius 2 is 1.85 bits per heavy atom. The van der Waals surface area contributed by atoms with E-state index in [-0.39, 0.29) is 6.04 Å². The van der Waals surface area contributed by atoms with Gasteiger partial charge in [-0.3, -0.25) is 0 Å². The Labute approximate surface area is 130 Å². The van der Waals surface area contributed by atoms with Gasteiger partial charge in [-0.15, -0.1) is 0 Å². The van der Waals surface area contributed by atoms with Crippen LogP contribution in [0.15, 0.2) is 42.5 Å². The molecule has 0 amide bonds. The molecule has 1 unspecified atom stereocenters. The molecule has 0 fully saturated rings. The van der Waals surface area contributed by atoms with Crippen LogP contribution < -0.4 is 10.6 Å². The zero-order valence-corrected chi connectivity index (χ0v) is 13.1. The van der Waals surface area contributed by atoms with E-state index in [0.717, 1.165) is 11.3 Å². The van der Waals surface area contributed by atoms with Crippen molar-refractivity contribution in [2.45, 2.75) is 13.0 Å². The third kappa shape index (κ3) is 3.09. The number of rotatable bonds is 4. The number of nitrogens with zero attached hydrogens (tertiary/aromatic N) is 1. The van der Waals surface area contributed by atoms with Crippen LogP contribution >= 0.6 is 23.2 Å². The number of para-hydroxylation sites is 1. The summed E-state index contributed by atoms with van der Waals surface area (Å²) in [5.41, 5.74) is 9.26. The van der Waals surface area contributed by atoms with Gasteiger partial charge in [-0.2, -0.15) is 0 Å². The van der Waals surface area contributed by atoms with Crippen molar-refractivity contribution < 1.29 is 0 Å². The Morgan fingerprint density at radius 3 is 2.50 bits per heavy atom. The van der Waals surface area contributed by atoms with Crippen LogP contribution in [0.4, 0.5) is 5.69 Å². The quantitative estimate of drug-likeness (QED) is 0.905. The molecule has 2 aromatic rings. The molecule has 0 aliphatic heterocycles. The van der Waals surface area contributed by atoms with E-state index in [4.69, 9.17) is 28.9 Å². The molecule has 2 rings (SSSR count). The predicted molar refractivity (Wildman–Crippen MR) is 87.8 cm³/mol. The van der Waals surface area contributed by atoms with E-state index in [1.54, 1.807) is 6.07 Å². The van der Waals surface area contributed by atoms with E-state index in [1.807, 2.05) is 31.3 Å². The van der Waals surface area contributed by atoms with Crippen LogP contribution in [0.2, 0.25) is 10.0 Å². The Hall–Kier alpha value is -1.22. The van der Waals surface area contributed by atoms with E-state index in [9.17, 15) is 0 Å². The minimum atomic E-state index is -0.0118. The van der Waals surface area contributed by atoms with Gasteiger partial charge in [-0.1, -0.05) is 41.4 Å². The highest BCUT2D eigenvalue weighted by molar-refractivity contribution is 6.33. The number of hydrogen-bond acceptors (Lipinski definition) is 2. The van der Waals surface area contributed by atoms with E-state index < -0.39 is 0 Å². The minimum absolute atomic E-state index is 0.0118. The molecule has 0 saturated carbocycles. The second-order valence-electron chi connectivity index (χ2n) is 4.81. The molecule has 2 N–H and O–H groups in total. The Balaban J connectivity index is 2.42. The molecule has 1 atom stereocenters. The summed E-state index contributed by atoms with van der Waals surface area (Å²) < 4.78 is 0. The first-order valence-electron chi connectivity index (χ1n) is 6.48. The van der Waals surface area contributed by atoms with E-state index in [1.165, 1.54) is 5.56 Å². The molecular weight excluding hydrogens is 291 g/mol. The maximum Gasteiger partial charge on any atom is 0.0676 e. The SMILES string of the molecule is Cc1ccccc1N(C)C(CN)c1cc(Cl)ccc1Cl. The number of halogens is 2. The summed E-state index contributed by atoms with van der Waals surface area (Å²) in [7, 11) is 2.02. The first-order valence-corrected chi connectivity index (χ1v) is 7.23. The van der Waals surface area contributed by atoms with Crippen molar-refractivity contribution in [1.82, 2.24) is 0 Å². The number of benzene rings is 2. The summed E-state index contributed by atoms with van der Waals surface area (Å²) in [5, 5.41) is 1.35. The molecule has 0 bridgehead atoms. The van der Waals surface area contributed by atoms with Crippen molar-refractivity contribution in [2.75, 3.05) is 18.5 Å². The fourth-order valence-corrected chi connectivity index (χ4v) is 2.81. The molecule has 2 nitrogen and oxygen atoms in total. The standard InChI is InChI=1S/C16H18Cl2N2/c1-11-5-3-4-6-15(11)20(2)16(10-19)13-9-12(17)7-8-14(13)18/h3-9,16H,10,19H2,1-2H3. The third-order valence-corrected chi connectivity index (χ3v) is 4.08. The van der Waals surface area contributed by atoms with Gasteiger partial charge < -0.3 is 10.6 Å². The minimum Gasteiger partial charge on any atom is -0.366 e. The molecule has 106 valence electrons. The molecule has 0 saturated heterocycles. The summed E-state index contributed by atoms with van der Waals surface area (Å²) in [6.07, 6.45) is 0. The highest BCUT2D eigenvalue weighted by atomic mass is 35.5. The van der Waals surface area contributed by atoms with Crippen molar-refractivity contribution in [3.8, 4) is 0 Å². The van der Waals surface area contributed by atoms with Crippen molar-refractivity contribution in [3.05, 3.63) is 63.6 Å². The van der Waals surface area contributed by atoms with Crippen molar-refractivity contribution in [2.24, 2.45) is 5.73 Å². The lowest BCUT2D eigenvalue weighted by molar-refractivity contribution is 0.679. The summed E-state index contributed by atoms with van der Waals surface area (Å²) >= 11 is 12.4.